The molecule has 1 fully saturated rings. The number of carbonyl (C=O) groups is 1. The predicted octanol–water partition coefficient (Wildman–Crippen LogP) is 2.63. The van der Waals surface area contributed by atoms with Crippen LogP contribution in [-0.2, 0) is 10.0 Å². The highest BCUT2D eigenvalue weighted by Crippen LogP contribution is 2.20. The van der Waals surface area contributed by atoms with Crippen LogP contribution < -0.4 is 14.9 Å². The normalized spacial score (nSPS) is 15.1. The van der Waals surface area contributed by atoms with Crippen molar-refractivity contribution in [3.63, 3.8) is 0 Å². The Hall–Kier alpha value is -2.58. The van der Waals surface area contributed by atoms with E-state index in [1.165, 1.54) is 12.1 Å². The van der Waals surface area contributed by atoms with Crippen molar-refractivity contribution in [3.8, 4) is 5.75 Å². The summed E-state index contributed by atoms with van der Waals surface area (Å²) in [6.07, 6.45) is 3.25. The van der Waals surface area contributed by atoms with Crippen molar-refractivity contribution in [1.82, 2.24) is 10.4 Å². The molecule has 0 spiro atoms. The first-order valence-electron chi connectivity index (χ1n) is 8.81. The first-order valence-corrected chi connectivity index (χ1v) is 10.3. The molecule has 144 valence electrons. The fraction of sp³-hybridized carbons (Fsp3) is 0.316. The number of methoxy groups -OCH3 is 1. The lowest BCUT2D eigenvalue weighted by molar-refractivity contribution is 0.0750. The third-order valence-electron chi connectivity index (χ3n) is 4.36. The number of nitrogens with zero attached hydrogens (tertiary/aromatic N) is 1. The summed E-state index contributed by atoms with van der Waals surface area (Å²) in [6, 6.07) is 12.6. The van der Waals surface area contributed by atoms with Crippen molar-refractivity contribution in [2.75, 3.05) is 24.9 Å². The minimum absolute atomic E-state index is 0.0320. The summed E-state index contributed by atoms with van der Waals surface area (Å²) in [4.78, 5) is 12.5. The van der Waals surface area contributed by atoms with Gasteiger partial charge in [-0.2, -0.15) is 0 Å². The van der Waals surface area contributed by atoms with E-state index < -0.39 is 10.0 Å². The van der Waals surface area contributed by atoms with Crippen LogP contribution in [0.4, 0.5) is 5.69 Å². The van der Waals surface area contributed by atoms with Gasteiger partial charge in [0.05, 0.1) is 12.0 Å². The topological polar surface area (TPSA) is 87.7 Å². The quantitative estimate of drug-likeness (QED) is 0.793. The van der Waals surface area contributed by atoms with Crippen LogP contribution in [0.1, 0.15) is 29.6 Å². The molecule has 1 aliphatic rings. The molecule has 0 radical (unpaired) electrons. The highest BCUT2D eigenvalue weighted by atomic mass is 32.2. The van der Waals surface area contributed by atoms with Crippen LogP contribution in [0.5, 0.6) is 5.75 Å². The Balaban J connectivity index is 1.73. The van der Waals surface area contributed by atoms with Crippen LogP contribution in [0.2, 0.25) is 0 Å². The molecule has 2 N–H and O–H groups in total. The number of ether oxygens (including phenoxy) is 1. The van der Waals surface area contributed by atoms with Gasteiger partial charge in [0.15, 0.2) is 0 Å². The predicted molar refractivity (Wildman–Crippen MR) is 103 cm³/mol. The minimum Gasteiger partial charge on any atom is -0.497 e. The lowest BCUT2D eigenvalue weighted by Crippen LogP contribution is -2.45. The second kappa shape index (κ2) is 8.41. The molecule has 1 saturated heterocycles. The highest BCUT2D eigenvalue weighted by Gasteiger charge is 2.18. The number of carbonyl (C=O) groups excluding carboxylic acids is 1. The van der Waals surface area contributed by atoms with E-state index in [1.54, 1.807) is 43.5 Å². The van der Waals surface area contributed by atoms with Gasteiger partial charge >= 0.3 is 0 Å². The zero-order chi connectivity index (χ0) is 19.3. The number of hydrazine groups is 1. The first-order chi connectivity index (χ1) is 13.0. The van der Waals surface area contributed by atoms with E-state index in [2.05, 4.69) is 10.1 Å². The van der Waals surface area contributed by atoms with E-state index >= 15 is 0 Å². The van der Waals surface area contributed by atoms with Crippen LogP contribution in [0.3, 0.4) is 0 Å². The van der Waals surface area contributed by atoms with E-state index in [0.29, 0.717) is 17.0 Å². The first kappa shape index (κ1) is 19.2. The number of sulfonamides is 1. The fourth-order valence-electron chi connectivity index (χ4n) is 2.89. The smallest absolute Gasteiger partial charge is 0.265 e. The van der Waals surface area contributed by atoms with Gasteiger partial charge in [-0.15, -0.1) is 0 Å². The summed E-state index contributed by atoms with van der Waals surface area (Å²) < 4.78 is 32.8. The number of piperidine rings is 1. The van der Waals surface area contributed by atoms with Gasteiger partial charge in [0.1, 0.15) is 5.75 Å². The van der Waals surface area contributed by atoms with E-state index in [0.717, 1.165) is 32.4 Å². The Morgan fingerprint density at radius 2 is 1.74 bits per heavy atom. The molecule has 3 rings (SSSR count). The van der Waals surface area contributed by atoms with Crippen molar-refractivity contribution in [1.29, 1.82) is 0 Å². The summed E-state index contributed by atoms with van der Waals surface area (Å²) in [5, 5.41) is 1.88. The van der Waals surface area contributed by atoms with Crippen LogP contribution in [0.25, 0.3) is 0 Å². The number of benzene rings is 2. The number of nitrogens with one attached hydrogen (secondary N) is 2. The van der Waals surface area contributed by atoms with E-state index in [-0.39, 0.29) is 10.8 Å². The molecule has 0 saturated carbocycles. The summed E-state index contributed by atoms with van der Waals surface area (Å²) in [5.41, 5.74) is 3.56. The standard InChI is InChI=1S/C19H23N3O4S/c1-26-17-10-8-16(9-11-17)21-27(24,25)18-7-5-6-15(14-18)19(23)20-22-12-3-2-4-13-22/h5-11,14,21H,2-4,12-13H2,1H3,(H,20,23). The summed E-state index contributed by atoms with van der Waals surface area (Å²) in [7, 11) is -2.27. The Morgan fingerprint density at radius 3 is 2.41 bits per heavy atom. The number of amides is 1. The number of hydrogen-bond donors (Lipinski definition) is 2. The zero-order valence-electron chi connectivity index (χ0n) is 15.1. The van der Waals surface area contributed by atoms with Gasteiger partial charge in [-0.1, -0.05) is 12.5 Å². The molecule has 0 bridgehead atoms. The van der Waals surface area contributed by atoms with E-state index in [9.17, 15) is 13.2 Å². The summed E-state index contributed by atoms with van der Waals surface area (Å²) >= 11 is 0. The van der Waals surface area contributed by atoms with Crippen molar-refractivity contribution in [2.24, 2.45) is 0 Å². The maximum Gasteiger partial charge on any atom is 0.265 e. The lowest BCUT2D eigenvalue weighted by Gasteiger charge is -2.26. The molecule has 0 aromatic heterocycles. The van der Waals surface area contributed by atoms with Gasteiger partial charge in [0, 0.05) is 24.3 Å². The van der Waals surface area contributed by atoms with Gasteiger partial charge in [0.2, 0.25) is 0 Å². The van der Waals surface area contributed by atoms with Gasteiger partial charge in [-0.05, 0) is 55.3 Å². The van der Waals surface area contributed by atoms with Crippen molar-refractivity contribution in [3.05, 3.63) is 54.1 Å². The van der Waals surface area contributed by atoms with Crippen molar-refractivity contribution >= 4 is 21.6 Å². The average molecular weight is 389 g/mol. The average Bonchev–Trinajstić information content (AvgIpc) is 2.69. The van der Waals surface area contributed by atoms with E-state index in [1.807, 2.05) is 5.01 Å². The molecule has 0 aliphatic carbocycles. The number of hydrogen-bond acceptors (Lipinski definition) is 5. The van der Waals surface area contributed by atoms with E-state index in [4.69, 9.17) is 4.74 Å². The Labute approximate surface area is 159 Å². The SMILES string of the molecule is COc1ccc(NS(=O)(=O)c2cccc(C(=O)NN3CCCCC3)c2)cc1. The minimum atomic E-state index is -3.81. The maximum absolute atomic E-state index is 12.6. The van der Waals surface area contributed by atoms with Gasteiger partial charge < -0.3 is 4.74 Å². The molecule has 7 nitrogen and oxygen atoms in total. The van der Waals surface area contributed by atoms with Gasteiger partial charge in [-0.25, -0.2) is 13.4 Å². The maximum atomic E-state index is 12.6. The Kier molecular flexibility index (Phi) is 5.98. The lowest BCUT2D eigenvalue weighted by atomic mass is 10.1. The molecule has 8 heteroatoms. The molecular weight excluding hydrogens is 366 g/mol. The molecular formula is C19H23N3O4S. The highest BCUT2D eigenvalue weighted by molar-refractivity contribution is 7.92. The fourth-order valence-corrected chi connectivity index (χ4v) is 4.00. The van der Waals surface area contributed by atoms with Crippen LogP contribution in [-0.4, -0.2) is 39.5 Å². The van der Waals surface area contributed by atoms with Gasteiger partial charge in [0.25, 0.3) is 15.9 Å². The second-order valence-electron chi connectivity index (χ2n) is 6.35. The monoisotopic (exact) mass is 389 g/mol. The largest absolute Gasteiger partial charge is 0.497 e. The number of rotatable bonds is 6. The second-order valence-corrected chi connectivity index (χ2v) is 8.03. The van der Waals surface area contributed by atoms with Crippen molar-refractivity contribution < 1.29 is 17.9 Å². The molecule has 0 atom stereocenters. The molecule has 2 aromatic rings. The zero-order valence-corrected chi connectivity index (χ0v) is 16.0. The molecule has 2 aromatic carbocycles. The Morgan fingerprint density at radius 1 is 1.04 bits per heavy atom. The molecule has 1 heterocycles. The number of anilines is 1. The third kappa shape index (κ3) is 4.99. The molecule has 1 aliphatic heterocycles. The van der Waals surface area contributed by atoms with Crippen LogP contribution >= 0.6 is 0 Å². The summed E-state index contributed by atoms with van der Waals surface area (Å²) in [6.45, 7) is 1.62. The van der Waals surface area contributed by atoms with Crippen molar-refractivity contribution in [2.45, 2.75) is 24.2 Å². The molecule has 0 unspecified atom stereocenters. The Bertz CT molecular complexity index is 891. The van der Waals surface area contributed by atoms with Crippen LogP contribution in [0, 0.1) is 0 Å². The molecule has 1 amide bonds. The third-order valence-corrected chi connectivity index (χ3v) is 5.74. The van der Waals surface area contributed by atoms with Gasteiger partial charge in [-0.3, -0.25) is 14.9 Å². The molecule has 27 heavy (non-hydrogen) atoms. The van der Waals surface area contributed by atoms with Crippen LogP contribution in [0.15, 0.2) is 53.4 Å². The summed E-state index contributed by atoms with van der Waals surface area (Å²) in [5.74, 6) is 0.327.